The summed E-state index contributed by atoms with van der Waals surface area (Å²) < 4.78 is 0. The molecule has 0 radical (unpaired) electrons. The zero-order valence-electron chi connectivity index (χ0n) is 20.5. The van der Waals surface area contributed by atoms with E-state index < -0.39 is 0 Å². The Morgan fingerprint density at radius 1 is 0.742 bits per heavy atom. The van der Waals surface area contributed by atoms with E-state index in [1.54, 1.807) is 0 Å². The predicted molar refractivity (Wildman–Crippen MR) is 128 cm³/mol. The van der Waals surface area contributed by atoms with Crippen molar-refractivity contribution >= 4 is 11.6 Å². The molecule has 0 spiro atoms. The molecule has 0 atom stereocenters. The number of ketones is 2. The standard InChI is InChI=1S/C28H37NO2/c1-9-11-20-23(12-10-2)29-14-13-18(17-24(29)25(20)30)19-15-21(27(3,4)5)26(31)22(16-19)28(6,7)8/h13-17H,9-12H2,1-8H3. The molecule has 2 heterocycles. The van der Waals surface area contributed by atoms with Gasteiger partial charge in [0.1, 0.15) is 0 Å². The van der Waals surface area contributed by atoms with Gasteiger partial charge in [0.05, 0.1) is 5.70 Å². The van der Waals surface area contributed by atoms with E-state index in [0.29, 0.717) is 0 Å². The molecule has 0 unspecified atom stereocenters. The summed E-state index contributed by atoms with van der Waals surface area (Å²) in [5.74, 6) is 0.284. The van der Waals surface area contributed by atoms with Crippen LogP contribution in [-0.4, -0.2) is 16.5 Å². The number of Topliss-reactive ketones (excluding diaryl/α,β-unsaturated/α-hetero) is 2. The first-order valence-electron chi connectivity index (χ1n) is 11.6. The summed E-state index contributed by atoms with van der Waals surface area (Å²) in [5.41, 5.74) is 5.99. The van der Waals surface area contributed by atoms with E-state index in [9.17, 15) is 9.59 Å². The normalized spacial score (nSPS) is 19.7. The second kappa shape index (κ2) is 8.26. The van der Waals surface area contributed by atoms with Crippen LogP contribution in [0, 0.1) is 10.8 Å². The number of rotatable bonds is 4. The summed E-state index contributed by atoms with van der Waals surface area (Å²) in [6, 6.07) is 0. The molecule has 0 saturated heterocycles. The lowest BCUT2D eigenvalue weighted by Crippen LogP contribution is -2.28. The van der Waals surface area contributed by atoms with Crippen molar-refractivity contribution in [3.63, 3.8) is 0 Å². The SMILES string of the molecule is CCCC1=C(CCC)N2C=CC(=C3C=C(C(C)(C)C)C(=O)C(C(C)(C)C)=C3)C=C2C1=O. The van der Waals surface area contributed by atoms with Crippen molar-refractivity contribution in [2.75, 3.05) is 0 Å². The number of hydrogen-bond donors (Lipinski definition) is 0. The van der Waals surface area contributed by atoms with E-state index >= 15 is 0 Å². The fourth-order valence-corrected chi connectivity index (χ4v) is 4.45. The Hall–Kier alpha value is -2.42. The van der Waals surface area contributed by atoms with E-state index in [-0.39, 0.29) is 22.4 Å². The van der Waals surface area contributed by atoms with Gasteiger partial charge in [-0.2, -0.15) is 0 Å². The highest BCUT2D eigenvalue weighted by molar-refractivity contribution is 6.13. The van der Waals surface area contributed by atoms with Crippen molar-refractivity contribution in [3.8, 4) is 0 Å². The molecule has 1 aliphatic carbocycles. The molecular weight excluding hydrogens is 382 g/mol. The van der Waals surface area contributed by atoms with Gasteiger partial charge in [-0.15, -0.1) is 0 Å². The Kier molecular flexibility index (Phi) is 6.19. The molecule has 0 aromatic carbocycles. The molecule has 166 valence electrons. The van der Waals surface area contributed by atoms with Crippen LogP contribution in [0.1, 0.15) is 81.1 Å². The number of fused-ring (bicyclic) bond motifs is 1. The summed E-state index contributed by atoms with van der Waals surface area (Å²) in [5, 5.41) is 0. The molecule has 0 N–H and O–H groups in total. The van der Waals surface area contributed by atoms with Crippen LogP contribution in [0.25, 0.3) is 0 Å². The Morgan fingerprint density at radius 2 is 1.29 bits per heavy atom. The van der Waals surface area contributed by atoms with Gasteiger partial charge in [0.15, 0.2) is 5.78 Å². The van der Waals surface area contributed by atoms with Crippen molar-refractivity contribution in [2.24, 2.45) is 10.8 Å². The van der Waals surface area contributed by atoms with Crippen molar-refractivity contribution < 1.29 is 9.59 Å². The van der Waals surface area contributed by atoms with Gasteiger partial charge >= 0.3 is 0 Å². The van der Waals surface area contributed by atoms with E-state index in [2.05, 4.69) is 66.4 Å². The monoisotopic (exact) mass is 419 g/mol. The molecule has 0 saturated carbocycles. The minimum Gasteiger partial charge on any atom is -0.317 e. The Balaban J connectivity index is 2.14. The second-order valence-corrected chi connectivity index (χ2v) is 10.8. The number of carbonyl (C=O) groups excluding carboxylic acids is 2. The summed E-state index contributed by atoms with van der Waals surface area (Å²) >= 11 is 0. The zero-order valence-corrected chi connectivity index (χ0v) is 20.5. The highest BCUT2D eigenvalue weighted by Gasteiger charge is 2.36. The molecule has 2 aliphatic heterocycles. The molecule has 0 aromatic heterocycles. The van der Waals surface area contributed by atoms with E-state index in [0.717, 1.165) is 64.9 Å². The lowest BCUT2D eigenvalue weighted by molar-refractivity contribution is -0.114. The van der Waals surface area contributed by atoms with E-state index in [4.69, 9.17) is 0 Å². The zero-order chi connectivity index (χ0) is 23.1. The predicted octanol–water partition coefficient (Wildman–Crippen LogP) is 6.96. The summed E-state index contributed by atoms with van der Waals surface area (Å²) in [4.78, 5) is 28.6. The molecule has 3 aliphatic rings. The Morgan fingerprint density at radius 3 is 1.77 bits per heavy atom. The van der Waals surface area contributed by atoms with Crippen LogP contribution in [0.2, 0.25) is 0 Å². The quantitative estimate of drug-likeness (QED) is 0.494. The fraction of sp³-hybridized carbons (Fsp3) is 0.500. The van der Waals surface area contributed by atoms with Crippen molar-refractivity contribution in [1.29, 1.82) is 0 Å². The Labute approximate surface area is 188 Å². The maximum absolute atomic E-state index is 13.2. The summed E-state index contributed by atoms with van der Waals surface area (Å²) in [7, 11) is 0. The van der Waals surface area contributed by atoms with Crippen LogP contribution >= 0.6 is 0 Å². The molecular formula is C28H37NO2. The number of carbonyl (C=O) groups is 2. The highest BCUT2D eigenvalue weighted by Crippen LogP contribution is 2.42. The second-order valence-electron chi connectivity index (χ2n) is 10.8. The van der Waals surface area contributed by atoms with Gasteiger partial charge in [0.2, 0.25) is 5.78 Å². The highest BCUT2D eigenvalue weighted by atomic mass is 16.1. The maximum Gasteiger partial charge on any atom is 0.207 e. The van der Waals surface area contributed by atoms with Gasteiger partial charge < -0.3 is 4.90 Å². The van der Waals surface area contributed by atoms with Crippen LogP contribution in [0.3, 0.4) is 0 Å². The topological polar surface area (TPSA) is 37.4 Å². The van der Waals surface area contributed by atoms with Gasteiger partial charge in [-0.25, -0.2) is 0 Å². The third-order valence-corrected chi connectivity index (χ3v) is 6.13. The van der Waals surface area contributed by atoms with Crippen molar-refractivity contribution in [2.45, 2.75) is 81.1 Å². The third kappa shape index (κ3) is 4.33. The minimum atomic E-state index is -0.251. The summed E-state index contributed by atoms with van der Waals surface area (Å²) in [6.45, 7) is 16.8. The van der Waals surface area contributed by atoms with Gasteiger partial charge in [-0.3, -0.25) is 9.59 Å². The van der Waals surface area contributed by atoms with E-state index in [1.807, 2.05) is 24.4 Å². The summed E-state index contributed by atoms with van der Waals surface area (Å²) in [6.07, 6.45) is 13.9. The van der Waals surface area contributed by atoms with Crippen LogP contribution in [0.15, 0.2) is 69.8 Å². The first-order valence-corrected chi connectivity index (χ1v) is 11.6. The van der Waals surface area contributed by atoms with Gasteiger partial charge in [0.25, 0.3) is 0 Å². The van der Waals surface area contributed by atoms with Crippen molar-refractivity contribution in [1.82, 2.24) is 4.90 Å². The smallest absolute Gasteiger partial charge is 0.207 e. The largest absolute Gasteiger partial charge is 0.317 e. The first kappa shape index (κ1) is 23.2. The molecule has 3 heteroatoms. The van der Waals surface area contributed by atoms with Gasteiger partial charge in [-0.1, -0.05) is 68.2 Å². The fourth-order valence-electron chi connectivity index (χ4n) is 4.45. The molecule has 0 bridgehead atoms. The van der Waals surface area contributed by atoms with Gasteiger partial charge in [0, 0.05) is 28.6 Å². The van der Waals surface area contributed by atoms with Gasteiger partial charge in [-0.05, 0) is 59.1 Å². The van der Waals surface area contributed by atoms with E-state index in [1.165, 1.54) is 0 Å². The third-order valence-electron chi connectivity index (χ3n) is 6.13. The maximum atomic E-state index is 13.2. The van der Waals surface area contributed by atoms with Crippen LogP contribution in [-0.2, 0) is 9.59 Å². The molecule has 3 rings (SSSR count). The minimum absolute atomic E-state index is 0.132. The van der Waals surface area contributed by atoms with Crippen molar-refractivity contribution in [3.05, 3.63) is 69.8 Å². The first-order chi connectivity index (χ1) is 14.4. The molecule has 0 amide bonds. The molecule has 31 heavy (non-hydrogen) atoms. The lowest BCUT2D eigenvalue weighted by Gasteiger charge is -2.32. The molecule has 0 fully saturated rings. The number of hydrogen-bond acceptors (Lipinski definition) is 3. The number of nitrogens with zero attached hydrogens (tertiary/aromatic N) is 1. The lowest BCUT2D eigenvalue weighted by atomic mass is 9.71. The molecule has 0 aromatic rings. The molecule has 3 nitrogen and oxygen atoms in total. The Bertz CT molecular complexity index is 959. The van der Waals surface area contributed by atoms with Crippen LogP contribution in [0.5, 0.6) is 0 Å². The number of allylic oxidation sites excluding steroid dienone is 10. The van der Waals surface area contributed by atoms with Crippen LogP contribution < -0.4 is 0 Å². The average Bonchev–Trinajstić information content (AvgIpc) is 2.92. The van der Waals surface area contributed by atoms with Crippen LogP contribution in [0.4, 0.5) is 0 Å². The average molecular weight is 420 g/mol.